The Morgan fingerprint density at radius 2 is 2.10 bits per heavy atom. The predicted molar refractivity (Wildman–Crippen MR) is 53.7 cm³/mol. The Morgan fingerprint density at radius 1 is 1.20 bits per heavy atom. The van der Waals surface area contributed by atoms with E-state index in [1.807, 2.05) is 0 Å². The van der Waals surface area contributed by atoms with Crippen molar-refractivity contribution in [3.05, 3.63) is 12.2 Å². The Hall–Kier alpha value is 0.430. The molecule has 1 saturated heterocycles. The van der Waals surface area contributed by atoms with Crippen LogP contribution in [0.25, 0.3) is 0 Å². The summed E-state index contributed by atoms with van der Waals surface area (Å²) >= 11 is 0. The third-order valence-corrected chi connectivity index (χ3v) is 2.35. The second-order valence-electron chi connectivity index (χ2n) is 3.09. The maximum absolute atomic E-state index is 3.49. The monoisotopic (exact) mass is 251 g/mol. The van der Waals surface area contributed by atoms with Crippen molar-refractivity contribution in [1.82, 2.24) is 5.32 Å². The summed E-state index contributed by atoms with van der Waals surface area (Å²) in [6.07, 6.45) is 8.89. The number of halogens is 1. The standard InChI is InChI=1S/C8H13N.HI/c1-2-7-4-5-8(3-1)9-6-7;/h4-5,7-9H,1-3,6H2;1H. The minimum absolute atomic E-state index is 0. The molecule has 2 heterocycles. The Bertz CT molecular complexity index is 115. The Labute approximate surface area is 79.3 Å². The van der Waals surface area contributed by atoms with Crippen molar-refractivity contribution in [2.75, 3.05) is 6.54 Å². The molecule has 2 heteroatoms. The van der Waals surface area contributed by atoms with Gasteiger partial charge in [-0.05, 0) is 18.8 Å². The van der Waals surface area contributed by atoms with Crippen molar-refractivity contribution in [3.63, 3.8) is 0 Å². The molecule has 2 bridgehead atoms. The fraction of sp³-hybridized carbons (Fsp3) is 0.750. The summed E-state index contributed by atoms with van der Waals surface area (Å²) in [7, 11) is 0. The van der Waals surface area contributed by atoms with Gasteiger partial charge < -0.3 is 5.32 Å². The quantitative estimate of drug-likeness (QED) is 0.512. The van der Waals surface area contributed by atoms with Crippen molar-refractivity contribution in [1.29, 1.82) is 0 Å². The second kappa shape index (κ2) is 3.72. The molecule has 1 fully saturated rings. The fourth-order valence-electron chi connectivity index (χ4n) is 1.73. The normalized spacial score (nSPS) is 36.8. The number of hydrogen-bond acceptors (Lipinski definition) is 1. The lowest BCUT2D eigenvalue weighted by molar-refractivity contribution is 0.530. The van der Waals surface area contributed by atoms with Gasteiger partial charge in [-0.15, -0.1) is 24.0 Å². The highest BCUT2D eigenvalue weighted by Gasteiger charge is 2.18. The van der Waals surface area contributed by atoms with Crippen LogP contribution in [0.1, 0.15) is 19.3 Å². The summed E-state index contributed by atoms with van der Waals surface area (Å²) in [6.45, 7) is 1.22. The first-order chi connectivity index (χ1) is 4.45. The third kappa shape index (κ3) is 1.72. The van der Waals surface area contributed by atoms with Crippen molar-refractivity contribution < 1.29 is 0 Å². The molecule has 1 nitrogen and oxygen atoms in total. The van der Waals surface area contributed by atoms with Crippen LogP contribution in [0.5, 0.6) is 0 Å². The number of hydrogen-bond donors (Lipinski definition) is 1. The third-order valence-electron chi connectivity index (χ3n) is 2.35. The number of rotatable bonds is 0. The van der Waals surface area contributed by atoms with Crippen LogP contribution in [0.2, 0.25) is 0 Å². The van der Waals surface area contributed by atoms with Crippen molar-refractivity contribution in [2.24, 2.45) is 5.92 Å². The van der Waals surface area contributed by atoms with E-state index in [1.54, 1.807) is 0 Å². The zero-order valence-electron chi connectivity index (χ0n) is 6.05. The van der Waals surface area contributed by atoms with Crippen molar-refractivity contribution >= 4 is 24.0 Å². The van der Waals surface area contributed by atoms with Gasteiger partial charge in [0.1, 0.15) is 0 Å². The van der Waals surface area contributed by atoms with E-state index in [-0.39, 0.29) is 24.0 Å². The minimum Gasteiger partial charge on any atom is -0.310 e. The van der Waals surface area contributed by atoms with E-state index < -0.39 is 0 Å². The molecule has 0 amide bonds. The van der Waals surface area contributed by atoms with E-state index in [9.17, 15) is 0 Å². The molecule has 0 aromatic heterocycles. The van der Waals surface area contributed by atoms with E-state index in [4.69, 9.17) is 0 Å². The molecule has 1 N–H and O–H groups in total. The molecular weight excluding hydrogens is 237 g/mol. The Balaban J connectivity index is 0.000000500. The van der Waals surface area contributed by atoms with E-state index in [2.05, 4.69) is 17.5 Å². The van der Waals surface area contributed by atoms with Crippen LogP contribution >= 0.6 is 24.0 Å². The molecule has 58 valence electrons. The van der Waals surface area contributed by atoms with Gasteiger partial charge in [0.25, 0.3) is 0 Å². The highest BCUT2D eigenvalue weighted by atomic mass is 127. The molecule has 2 aliphatic heterocycles. The molecule has 2 atom stereocenters. The molecule has 3 aliphatic rings. The van der Waals surface area contributed by atoms with Crippen LogP contribution < -0.4 is 5.32 Å². The van der Waals surface area contributed by atoms with E-state index >= 15 is 0 Å². The van der Waals surface area contributed by atoms with E-state index in [1.165, 1.54) is 25.8 Å². The van der Waals surface area contributed by atoms with Crippen LogP contribution in [0, 0.1) is 5.92 Å². The van der Waals surface area contributed by atoms with Gasteiger partial charge in [-0.3, -0.25) is 0 Å². The van der Waals surface area contributed by atoms with E-state index in [0.29, 0.717) is 6.04 Å². The van der Waals surface area contributed by atoms with Gasteiger partial charge in [0.15, 0.2) is 0 Å². The van der Waals surface area contributed by atoms with Gasteiger partial charge in [0.2, 0.25) is 0 Å². The SMILES string of the molecule is C1=CC2CCCC1CN2.I. The molecule has 0 aromatic rings. The van der Waals surface area contributed by atoms with Gasteiger partial charge in [0.05, 0.1) is 0 Å². The van der Waals surface area contributed by atoms with Crippen LogP contribution in [-0.2, 0) is 0 Å². The largest absolute Gasteiger partial charge is 0.310 e. The molecule has 3 rings (SSSR count). The summed E-state index contributed by atoms with van der Waals surface area (Å²) < 4.78 is 0. The van der Waals surface area contributed by atoms with Crippen LogP contribution in [0.3, 0.4) is 0 Å². The summed E-state index contributed by atoms with van der Waals surface area (Å²) in [4.78, 5) is 0. The van der Waals surface area contributed by atoms with Gasteiger partial charge in [-0.25, -0.2) is 0 Å². The first-order valence-electron chi connectivity index (χ1n) is 3.87. The highest BCUT2D eigenvalue weighted by Crippen LogP contribution is 2.20. The molecule has 2 unspecified atom stereocenters. The van der Waals surface area contributed by atoms with Crippen molar-refractivity contribution in [3.8, 4) is 0 Å². The zero-order valence-corrected chi connectivity index (χ0v) is 8.38. The lowest BCUT2D eigenvalue weighted by Crippen LogP contribution is -2.32. The first-order valence-corrected chi connectivity index (χ1v) is 3.87. The smallest absolute Gasteiger partial charge is 0.0250 e. The molecule has 0 saturated carbocycles. The summed E-state index contributed by atoms with van der Waals surface area (Å²) in [5.74, 6) is 0.851. The van der Waals surface area contributed by atoms with Crippen LogP contribution in [-0.4, -0.2) is 12.6 Å². The van der Waals surface area contributed by atoms with Crippen molar-refractivity contribution in [2.45, 2.75) is 25.3 Å². The number of nitrogens with one attached hydrogen (secondary N) is 1. The van der Waals surface area contributed by atoms with Gasteiger partial charge in [-0.1, -0.05) is 18.6 Å². The average molecular weight is 251 g/mol. The predicted octanol–water partition coefficient (Wildman–Crippen LogP) is 1.93. The Kier molecular flexibility index (Phi) is 3.17. The number of fused-ring (bicyclic) bond motifs is 3. The molecule has 1 aliphatic carbocycles. The van der Waals surface area contributed by atoms with Gasteiger partial charge >= 0.3 is 0 Å². The van der Waals surface area contributed by atoms with Gasteiger partial charge in [0, 0.05) is 12.6 Å². The summed E-state index contributed by atoms with van der Waals surface area (Å²) in [6, 6.07) is 0.712. The lowest BCUT2D eigenvalue weighted by Gasteiger charge is -2.17. The first kappa shape index (κ1) is 8.53. The Morgan fingerprint density at radius 3 is 2.80 bits per heavy atom. The summed E-state index contributed by atoms with van der Waals surface area (Å²) in [5.41, 5.74) is 0. The molecule has 10 heavy (non-hydrogen) atoms. The lowest BCUT2D eigenvalue weighted by atomic mass is 10.0. The maximum Gasteiger partial charge on any atom is 0.0250 e. The maximum atomic E-state index is 3.49. The van der Waals surface area contributed by atoms with E-state index in [0.717, 1.165) is 5.92 Å². The second-order valence-corrected chi connectivity index (χ2v) is 3.09. The average Bonchev–Trinajstić information content (AvgIpc) is 2.21. The van der Waals surface area contributed by atoms with Crippen LogP contribution in [0.4, 0.5) is 0 Å². The highest BCUT2D eigenvalue weighted by molar-refractivity contribution is 14.0. The zero-order chi connectivity index (χ0) is 6.10. The molecule has 0 spiro atoms. The summed E-state index contributed by atoms with van der Waals surface area (Å²) in [5, 5.41) is 3.49. The fourth-order valence-corrected chi connectivity index (χ4v) is 1.73. The molecule has 0 radical (unpaired) electrons. The minimum atomic E-state index is 0. The van der Waals surface area contributed by atoms with Gasteiger partial charge in [-0.2, -0.15) is 0 Å². The molecular formula is C8H14IN. The van der Waals surface area contributed by atoms with Crippen LogP contribution in [0.15, 0.2) is 12.2 Å². The molecule has 0 aromatic carbocycles. The topological polar surface area (TPSA) is 12.0 Å².